The van der Waals surface area contributed by atoms with Crippen LogP contribution in [0.2, 0.25) is 0 Å². The van der Waals surface area contributed by atoms with Gasteiger partial charge >= 0.3 is 0 Å². The predicted molar refractivity (Wildman–Crippen MR) is 117 cm³/mol. The van der Waals surface area contributed by atoms with Gasteiger partial charge in [-0.25, -0.2) is 13.4 Å². The Bertz CT molecular complexity index is 1120. The van der Waals surface area contributed by atoms with Gasteiger partial charge in [0.15, 0.2) is 0 Å². The van der Waals surface area contributed by atoms with Crippen molar-refractivity contribution in [2.75, 3.05) is 18.4 Å². The third kappa shape index (κ3) is 4.75. The number of nitrogens with zero attached hydrogens (tertiary/aromatic N) is 3. The molecule has 1 aliphatic heterocycles. The van der Waals surface area contributed by atoms with Crippen LogP contribution in [0.3, 0.4) is 0 Å². The van der Waals surface area contributed by atoms with Crippen LogP contribution in [-0.4, -0.2) is 41.7 Å². The highest BCUT2D eigenvalue weighted by Crippen LogP contribution is 2.24. The molecule has 30 heavy (non-hydrogen) atoms. The lowest BCUT2D eigenvalue weighted by atomic mass is 10.2. The Labute approximate surface area is 179 Å². The molecule has 0 spiro atoms. The minimum atomic E-state index is -3.54. The molecule has 0 bridgehead atoms. The van der Waals surface area contributed by atoms with E-state index >= 15 is 0 Å². The van der Waals surface area contributed by atoms with E-state index in [1.54, 1.807) is 30.6 Å². The maximum Gasteiger partial charge on any atom is 0.243 e. The van der Waals surface area contributed by atoms with Gasteiger partial charge in [0, 0.05) is 42.1 Å². The first-order valence-corrected chi connectivity index (χ1v) is 12.1. The van der Waals surface area contributed by atoms with Crippen molar-refractivity contribution in [3.05, 3.63) is 59.9 Å². The van der Waals surface area contributed by atoms with Crippen molar-refractivity contribution in [1.82, 2.24) is 14.3 Å². The fourth-order valence-corrected chi connectivity index (χ4v) is 5.74. The number of rotatable bonds is 6. The topological polar surface area (TPSA) is 92.3 Å². The van der Waals surface area contributed by atoms with Crippen LogP contribution in [0.1, 0.15) is 25.0 Å². The summed E-state index contributed by atoms with van der Waals surface area (Å²) in [5, 5.41) is 5.44. The summed E-state index contributed by atoms with van der Waals surface area (Å²) in [6.45, 7) is 1.09. The number of aromatic nitrogens is 2. The number of sulfonamides is 1. The molecule has 0 saturated carbocycles. The monoisotopic (exact) mass is 442 g/mol. The van der Waals surface area contributed by atoms with Crippen molar-refractivity contribution in [3.8, 4) is 10.6 Å². The Morgan fingerprint density at radius 3 is 2.73 bits per heavy atom. The van der Waals surface area contributed by atoms with Crippen molar-refractivity contribution in [2.24, 2.45) is 0 Å². The van der Waals surface area contributed by atoms with Gasteiger partial charge < -0.3 is 5.32 Å². The number of hydrogen-bond donors (Lipinski definition) is 1. The molecule has 0 radical (unpaired) electrons. The lowest BCUT2D eigenvalue weighted by Crippen LogP contribution is -2.35. The molecule has 1 aromatic carbocycles. The zero-order chi connectivity index (χ0) is 21.0. The van der Waals surface area contributed by atoms with E-state index in [4.69, 9.17) is 0 Å². The summed E-state index contributed by atoms with van der Waals surface area (Å²) in [6.07, 6.45) is 6.36. The summed E-state index contributed by atoms with van der Waals surface area (Å²) < 4.78 is 27.2. The fraction of sp³-hybridized carbons (Fsp3) is 0.286. The summed E-state index contributed by atoms with van der Waals surface area (Å²) in [4.78, 5) is 21.3. The van der Waals surface area contributed by atoms with Crippen LogP contribution in [0.15, 0.2) is 59.1 Å². The van der Waals surface area contributed by atoms with E-state index in [0.29, 0.717) is 24.5 Å². The van der Waals surface area contributed by atoms with Crippen molar-refractivity contribution in [1.29, 1.82) is 0 Å². The zero-order valence-corrected chi connectivity index (χ0v) is 18.0. The minimum Gasteiger partial charge on any atom is -0.326 e. The second kappa shape index (κ2) is 9.03. The lowest BCUT2D eigenvalue weighted by Gasteiger charge is -2.26. The van der Waals surface area contributed by atoms with Gasteiger partial charge in [0.1, 0.15) is 5.01 Å². The number of hydrogen-bond acceptors (Lipinski definition) is 6. The molecule has 9 heteroatoms. The van der Waals surface area contributed by atoms with Crippen LogP contribution in [0, 0.1) is 0 Å². The first kappa shape index (κ1) is 20.6. The molecule has 1 fully saturated rings. The number of amides is 1. The zero-order valence-electron chi connectivity index (χ0n) is 16.3. The second-order valence-electron chi connectivity index (χ2n) is 7.10. The van der Waals surface area contributed by atoms with Crippen LogP contribution in [0.25, 0.3) is 10.6 Å². The maximum absolute atomic E-state index is 12.9. The number of carbonyl (C=O) groups is 1. The van der Waals surface area contributed by atoms with E-state index in [1.165, 1.54) is 21.7 Å². The number of anilines is 1. The smallest absolute Gasteiger partial charge is 0.243 e. The Morgan fingerprint density at radius 2 is 1.97 bits per heavy atom. The van der Waals surface area contributed by atoms with E-state index in [0.717, 1.165) is 29.8 Å². The lowest BCUT2D eigenvalue weighted by molar-refractivity contribution is -0.115. The maximum atomic E-state index is 12.9. The number of piperidine rings is 1. The van der Waals surface area contributed by atoms with Crippen LogP contribution in [0.5, 0.6) is 0 Å². The highest BCUT2D eigenvalue weighted by Gasteiger charge is 2.26. The molecular formula is C21H22N4O3S2. The Hall–Kier alpha value is -2.62. The summed E-state index contributed by atoms with van der Waals surface area (Å²) in [5.74, 6) is -0.245. The van der Waals surface area contributed by atoms with Gasteiger partial charge in [-0.15, -0.1) is 11.3 Å². The highest BCUT2D eigenvalue weighted by atomic mass is 32.2. The highest BCUT2D eigenvalue weighted by molar-refractivity contribution is 7.89. The first-order chi connectivity index (χ1) is 14.5. The second-order valence-corrected chi connectivity index (χ2v) is 9.90. The van der Waals surface area contributed by atoms with Crippen LogP contribution in [-0.2, 0) is 21.2 Å². The van der Waals surface area contributed by atoms with Crippen LogP contribution < -0.4 is 5.32 Å². The standard InChI is InChI=1S/C21H22N4O3S2/c26-20(13-18-15-29-21(24-18)16-6-5-9-22-14-16)23-17-7-4-8-19(12-17)30(27,28)25-10-2-1-3-11-25/h4-9,12,14-15H,1-3,10-11,13H2,(H,23,26). The van der Waals surface area contributed by atoms with Gasteiger partial charge in [-0.2, -0.15) is 4.31 Å². The molecule has 4 rings (SSSR count). The van der Waals surface area contributed by atoms with Gasteiger partial charge in [-0.3, -0.25) is 9.78 Å². The number of benzene rings is 1. The third-order valence-corrected chi connectivity index (χ3v) is 7.71. The van der Waals surface area contributed by atoms with E-state index in [2.05, 4.69) is 15.3 Å². The molecule has 1 saturated heterocycles. The van der Waals surface area contributed by atoms with Crippen molar-refractivity contribution in [3.63, 3.8) is 0 Å². The Kier molecular flexibility index (Phi) is 6.21. The van der Waals surface area contributed by atoms with Gasteiger partial charge in [-0.1, -0.05) is 12.5 Å². The minimum absolute atomic E-state index is 0.111. The molecule has 1 N–H and O–H groups in total. The summed E-state index contributed by atoms with van der Waals surface area (Å²) in [7, 11) is -3.54. The predicted octanol–water partition coefficient (Wildman–Crippen LogP) is 3.56. The molecule has 7 nitrogen and oxygen atoms in total. The normalized spacial score (nSPS) is 15.1. The molecule has 1 aliphatic rings. The Balaban J connectivity index is 1.43. The van der Waals surface area contributed by atoms with Gasteiger partial charge in [0.25, 0.3) is 0 Å². The Morgan fingerprint density at radius 1 is 1.13 bits per heavy atom. The summed E-state index contributed by atoms with van der Waals surface area (Å²) in [6, 6.07) is 10.2. The number of thiazole rings is 1. The van der Waals surface area contributed by atoms with E-state index < -0.39 is 10.0 Å². The van der Waals surface area contributed by atoms with Gasteiger partial charge in [-0.05, 0) is 43.2 Å². The molecule has 3 heterocycles. The van der Waals surface area contributed by atoms with Gasteiger partial charge in [0.2, 0.25) is 15.9 Å². The van der Waals surface area contributed by atoms with Gasteiger partial charge in [0.05, 0.1) is 17.0 Å². The SMILES string of the molecule is O=C(Cc1csc(-c2cccnc2)n1)Nc1cccc(S(=O)(=O)N2CCCCC2)c1. The van der Waals surface area contributed by atoms with Crippen LogP contribution >= 0.6 is 11.3 Å². The average Bonchev–Trinajstić information content (AvgIpc) is 3.23. The number of carbonyl (C=O) groups excluding carboxylic acids is 1. The summed E-state index contributed by atoms with van der Waals surface area (Å²) >= 11 is 1.46. The molecule has 0 aliphatic carbocycles. The third-order valence-electron chi connectivity index (χ3n) is 4.87. The van der Waals surface area contributed by atoms with E-state index in [1.807, 2.05) is 17.5 Å². The number of nitrogens with one attached hydrogen (secondary N) is 1. The average molecular weight is 443 g/mol. The quantitative estimate of drug-likeness (QED) is 0.630. The molecule has 3 aromatic rings. The molecule has 156 valence electrons. The molecule has 0 atom stereocenters. The largest absolute Gasteiger partial charge is 0.326 e. The van der Waals surface area contributed by atoms with E-state index in [9.17, 15) is 13.2 Å². The molecular weight excluding hydrogens is 420 g/mol. The first-order valence-electron chi connectivity index (χ1n) is 9.77. The van der Waals surface area contributed by atoms with Crippen molar-refractivity contribution in [2.45, 2.75) is 30.6 Å². The van der Waals surface area contributed by atoms with Crippen LogP contribution in [0.4, 0.5) is 5.69 Å². The molecule has 2 aromatic heterocycles. The van der Waals surface area contributed by atoms with Crippen molar-refractivity contribution >= 4 is 33.0 Å². The summed E-state index contributed by atoms with van der Waals surface area (Å²) in [5.41, 5.74) is 2.03. The van der Waals surface area contributed by atoms with E-state index in [-0.39, 0.29) is 17.2 Å². The van der Waals surface area contributed by atoms with Crippen molar-refractivity contribution < 1.29 is 13.2 Å². The molecule has 1 amide bonds. The number of pyridine rings is 1. The fourth-order valence-electron chi connectivity index (χ4n) is 3.37. The molecule has 0 unspecified atom stereocenters.